The first-order valence-electron chi connectivity index (χ1n) is 8.32. The van der Waals surface area contributed by atoms with Crippen LogP contribution in [0.15, 0.2) is 36.5 Å². The molecule has 1 aliphatic heterocycles. The molecule has 0 aliphatic carbocycles. The molecule has 3 rings (SSSR count). The Morgan fingerprint density at radius 2 is 2.12 bits per heavy atom. The summed E-state index contributed by atoms with van der Waals surface area (Å²) in [5.41, 5.74) is 2.22. The molecule has 1 aliphatic rings. The van der Waals surface area contributed by atoms with Crippen LogP contribution in [0, 0.1) is 6.92 Å². The third-order valence-electron chi connectivity index (χ3n) is 4.53. The number of aryl methyl sites for hydroxylation is 1. The molecule has 6 nitrogen and oxygen atoms in total. The predicted octanol–water partition coefficient (Wildman–Crippen LogP) is 3.21. The number of hydrogen-bond donors (Lipinski definition) is 1. The Bertz CT molecular complexity index is 713. The van der Waals surface area contributed by atoms with Crippen LogP contribution in [0.2, 0.25) is 0 Å². The van der Waals surface area contributed by atoms with Crippen molar-refractivity contribution in [3.63, 3.8) is 0 Å². The first-order chi connectivity index (χ1) is 11.5. The number of ether oxygens (including phenoxy) is 1. The Balaban J connectivity index is 1.72. The van der Waals surface area contributed by atoms with Crippen LogP contribution in [0.4, 0.5) is 10.5 Å². The summed E-state index contributed by atoms with van der Waals surface area (Å²) in [6.45, 7) is 7.79. The van der Waals surface area contributed by atoms with E-state index in [2.05, 4.69) is 17.3 Å². The van der Waals surface area contributed by atoms with Gasteiger partial charge in [0.1, 0.15) is 0 Å². The topological polar surface area (TPSA) is 59.4 Å². The van der Waals surface area contributed by atoms with Crippen molar-refractivity contribution < 1.29 is 9.53 Å². The Hall–Kier alpha value is -2.34. The zero-order valence-electron chi connectivity index (χ0n) is 14.5. The lowest BCUT2D eigenvalue weighted by molar-refractivity contribution is -0.0860. The fourth-order valence-corrected chi connectivity index (χ4v) is 2.81. The van der Waals surface area contributed by atoms with Crippen molar-refractivity contribution in [2.45, 2.75) is 32.8 Å². The molecule has 6 heteroatoms. The summed E-state index contributed by atoms with van der Waals surface area (Å²) in [5, 5.41) is 7.46. The highest BCUT2D eigenvalue weighted by atomic mass is 16.5. The highest BCUT2D eigenvalue weighted by molar-refractivity contribution is 5.90. The zero-order chi connectivity index (χ0) is 17.2. The van der Waals surface area contributed by atoms with E-state index in [0.29, 0.717) is 19.7 Å². The molecule has 1 N–H and O–H groups in total. The minimum atomic E-state index is -0.265. The number of carbonyl (C=O) groups excluding carboxylic acids is 1. The standard InChI is InChI=1S/C18H24N4O2/c1-4-18(3)13-21(10-11-24-18)17(23)19-16-12-22(20-14(16)2)15-8-6-5-7-9-15/h5-9,12H,4,10-11,13H2,1-3H3,(H,19,23)/t18-/m0/s1. The Morgan fingerprint density at radius 1 is 1.38 bits per heavy atom. The predicted molar refractivity (Wildman–Crippen MR) is 93.5 cm³/mol. The summed E-state index contributed by atoms with van der Waals surface area (Å²) in [6.07, 6.45) is 2.73. The van der Waals surface area contributed by atoms with E-state index in [-0.39, 0.29) is 11.6 Å². The van der Waals surface area contributed by atoms with Gasteiger partial charge in [-0.25, -0.2) is 9.48 Å². The molecule has 1 saturated heterocycles. The number of para-hydroxylation sites is 1. The van der Waals surface area contributed by atoms with E-state index in [1.807, 2.05) is 55.3 Å². The van der Waals surface area contributed by atoms with Gasteiger partial charge in [-0.05, 0) is 32.4 Å². The normalized spacial score (nSPS) is 20.9. The lowest BCUT2D eigenvalue weighted by atomic mass is 10.0. The molecule has 0 saturated carbocycles. The van der Waals surface area contributed by atoms with Gasteiger partial charge in [0, 0.05) is 6.54 Å². The number of carbonyl (C=O) groups is 1. The van der Waals surface area contributed by atoms with Gasteiger partial charge in [-0.3, -0.25) is 0 Å². The van der Waals surface area contributed by atoms with Crippen molar-refractivity contribution in [2.24, 2.45) is 0 Å². The van der Waals surface area contributed by atoms with Crippen LogP contribution >= 0.6 is 0 Å². The van der Waals surface area contributed by atoms with Gasteiger partial charge < -0.3 is 15.0 Å². The number of morpholine rings is 1. The van der Waals surface area contributed by atoms with Gasteiger partial charge in [0.2, 0.25) is 0 Å². The summed E-state index contributed by atoms with van der Waals surface area (Å²) in [5.74, 6) is 0. The number of nitrogens with zero attached hydrogens (tertiary/aromatic N) is 3. The van der Waals surface area contributed by atoms with Crippen LogP contribution in [-0.4, -0.2) is 46.0 Å². The van der Waals surface area contributed by atoms with Gasteiger partial charge >= 0.3 is 6.03 Å². The van der Waals surface area contributed by atoms with Crippen LogP contribution in [0.3, 0.4) is 0 Å². The number of amides is 2. The minimum Gasteiger partial charge on any atom is -0.372 e. The van der Waals surface area contributed by atoms with Crippen molar-refractivity contribution in [3.05, 3.63) is 42.2 Å². The van der Waals surface area contributed by atoms with Gasteiger partial charge in [0.05, 0.1) is 42.0 Å². The molecule has 0 radical (unpaired) electrons. The lowest BCUT2D eigenvalue weighted by Crippen LogP contribution is -2.53. The number of urea groups is 1. The molecule has 0 spiro atoms. The first kappa shape index (κ1) is 16.5. The maximum absolute atomic E-state index is 12.6. The van der Waals surface area contributed by atoms with Crippen LogP contribution < -0.4 is 5.32 Å². The Labute approximate surface area is 142 Å². The number of benzene rings is 1. The third-order valence-corrected chi connectivity index (χ3v) is 4.53. The summed E-state index contributed by atoms with van der Waals surface area (Å²) in [6, 6.07) is 9.74. The fourth-order valence-electron chi connectivity index (χ4n) is 2.81. The van der Waals surface area contributed by atoms with Crippen LogP contribution in [0.25, 0.3) is 5.69 Å². The average Bonchev–Trinajstić information content (AvgIpc) is 2.96. The van der Waals surface area contributed by atoms with Gasteiger partial charge in [0.25, 0.3) is 0 Å². The van der Waals surface area contributed by atoms with E-state index in [1.54, 1.807) is 4.68 Å². The van der Waals surface area contributed by atoms with E-state index >= 15 is 0 Å². The summed E-state index contributed by atoms with van der Waals surface area (Å²) in [7, 11) is 0. The van der Waals surface area contributed by atoms with Crippen LogP contribution in [0.5, 0.6) is 0 Å². The number of hydrogen-bond acceptors (Lipinski definition) is 3. The highest BCUT2D eigenvalue weighted by Gasteiger charge is 2.32. The average molecular weight is 328 g/mol. The molecule has 24 heavy (non-hydrogen) atoms. The van der Waals surface area contributed by atoms with E-state index in [9.17, 15) is 4.79 Å². The molecule has 1 aromatic heterocycles. The maximum atomic E-state index is 12.6. The molecule has 128 valence electrons. The molecular weight excluding hydrogens is 304 g/mol. The van der Waals surface area contributed by atoms with E-state index < -0.39 is 0 Å². The second-order valence-corrected chi connectivity index (χ2v) is 6.41. The summed E-state index contributed by atoms with van der Waals surface area (Å²) < 4.78 is 7.57. The Morgan fingerprint density at radius 3 is 2.83 bits per heavy atom. The molecule has 1 atom stereocenters. The van der Waals surface area contributed by atoms with Crippen molar-refractivity contribution in [3.8, 4) is 5.69 Å². The SMILES string of the molecule is CC[C@@]1(C)CN(C(=O)Nc2cn(-c3ccccc3)nc2C)CCO1. The Kier molecular flexibility index (Phi) is 4.57. The van der Waals surface area contributed by atoms with Crippen molar-refractivity contribution in [2.75, 3.05) is 25.0 Å². The lowest BCUT2D eigenvalue weighted by Gasteiger charge is -2.39. The maximum Gasteiger partial charge on any atom is 0.322 e. The van der Waals surface area contributed by atoms with Gasteiger partial charge in [-0.15, -0.1) is 0 Å². The quantitative estimate of drug-likeness (QED) is 0.941. The van der Waals surface area contributed by atoms with E-state index in [0.717, 1.165) is 23.5 Å². The van der Waals surface area contributed by atoms with Gasteiger partial charge in [-0.1, -0.05) is 25.1 Å². The summed E-state index contributed by atoms with van der Waals surface area (Å²) in [4.78, 5) is 14.4. The van der Waals surface area contributed by atoms with Crippen molar-refractivity contribution >= 4 is 11.7 Å². The largest absolute Gasteiger partial charge is 0.372 e. The van der Waals surface area contributed by atoms with Crippen molar-refractivity contribution in [1.29, 1.82) is 0 Å². The van der Waals surface area contributed by atoms with Gasteiger partial charge in [0.15, 0.2) is 0 Å². The molecule has 1 aromatic carbocycles. The van der Waals surface area contributed by atoms with Crippen LogP contribution in [-0.2, 0) is 4.74 Å². The molecular formula is C18H24N4O2. The van der Waals surface area contributed by atoms with Crippen LogP contribution in [0.1, 0.15) is 26.0 Å². The van der Waals surface area contributed by atoms with E-state index in [1.165, 1.54) is 0 Å². The zero-order valence-corrected chi connectivity index (χ0v) is 14.5. The first-order valence-corrected chi connectivity index (χ1v) is 8.32. The molecule has 2 amide bonds. The monoisotopic (exact) mass is 328 g/mol. The molecule has 2 aromatic rings. The second-order valence-electron chi connectivity index (χ2n) is 6.41. The second kappa shape index (κ2) is 6.65. The summed E-state index contributed by atoms with van der Waals surface area (Å²) >= 11 is 0. The highest BCUT2D eigenvalue weighted by Crippen LogP contribution is 2.22. The molecule has 0 unspecified atom stereocenters. The third kappa shape index (κ3) is 3.43. The number of nitrogens with one attached hydrogen (secondary N) is 1. The fraction of sp³-hybridized carbons (Fsp3) is 0.444. The molecule has 0 bridgehead atoms. The number of rotatable bonds is 3. The number of anilines is 1. The smallest absolute Gasteiger partial charge is 0.322 e. The number of aromatic nitrogens is 2. The minimum absolute atomic E-state index is 0.103. The van der Waals surface area contributed by atoms with Gasteiger partial charge in [-0.2, -0.15) is 5.10 Å². The van der Waals surface area contributed by atoms with E-state index in [4.69, 9.17) is 4.74 Å². The molecule has 2 heterocycles. The van der Waals surface area contributed by atoms with Crippen molar-refractivity contribution in [1.82, 2.24) is 14.7 Å². The molecule has 1 fully saturated rings.